The maximum atomic E-state index is 11.5. The lowest BCUT2D eigenvalue weighted by Gasteiger charge is -2.29. The first-order valence-corrected chi connectivity index (χ1v) is 17.0. The summed E-state index contributed by atoms with van der Waals surface area (Å²) in [5.74, 6) is 2.71. The monoisotopic (exact) mass is 766 g/mol. The summed E-state index contributed by atoms with van der Waals surface area (Å²) in [5.41, 5.74) is 7.47. The predicted molar refractivity (Wildman–Crippen MR) is 222 cm³/mol. The number of aromatic nitrogens is 10. The molecule has 0 bridgehead atoms. The Hall–Kier alpha value is -5.87. The smallest absolute Gasteiger partial charge is 0.349 e. The lowest BCUT2D eigenvalue weighted by atomic mass is 10.3. The first-order valence-electron chi connectivity index (χ1n) is 17.0. The van der Waals surface area contributed by atoms with E-state index in [9.17, 15) is 14.4 Å². The molecule has 0 saturated heterocycles. The van der Waals surface area contributed by atoms with Gasteiger partial charge < -0.3 is 34.8 Å². The normalized spacial score (nSPS) is 11.8. The molecule has 1 amide bonds. The summed E-state index contributed by atoms with van der Waals surface area (Å²) in [4.78, 5) is 62.7. The number of nitrogens with one attached hydrogen (secondary N) is 2. The van der Waals surface area contributed by atoms with Crippen molar-refractivity contribution in [3.8, 4) is 5.88 Å². The third kappa shape index (κ3) is 12.9. The number of rotatable bonds is 6. The highest BCUT2D eigenvalue weighted by Gasteiger charge is 2.15. The highest BCUT2D eigenvalue weighted by molar-refractivity contribution is 5.89. The van der Waals surface area contributed by atoms with Crippen LogP contribution in [0.5, 0.6) is 5.88 Å². The van der Waals surface area contributed by atoms with Gasteiger partial charge in [0.2, 0.25) is 5.88 Å². The zero-order valence-corrected chi connectivity index (χ0v) is 31.9. The lowest BCUT2D eigenvalue weighted by molar-refractivity contribution is -0.116. The maximum Gasteiger partial charge on any atom is 0.349 e. The quantitative estimate of drug-likeness (QED) is 0.175. The van der Waals surface area contributed by atoms with Crippen LogP contribution in [-0.2, 0) is 4.79 Å². The second kappa shape index (κ2) is 21.7. The number of nitrogens with two attached hydrogens (primary N) is 1. The third-order valence-corrected chi connectivity index (χ3v) is 7.38. The van der Waals surface area contributed by atoms with Crippen molar-refractivity contribution in [3.05, 3.63) is 82.1 Å². The summed E-state index contributed by atoms with van der Waals surface area (Å²) >= 11 is 0. The Bertz CT molecular complexity index is 2140. The number of anilines is 1. The number of amides is 1. The van der Waals surface area contributed by atoms with Gasteiger partial charge in [-0.05, 0) is 82.2 Å². The molecule has 4 N–H and O–H groups in total. The first-order chi connectivity index (χ1) is 24.4. The molecule has 0 spiro atoms. The number of H-pyrrole nitrogens is 1. The molecule has 55 heavy (non-hydrogen) atoms. The van der Waals surface area contributed by atoms with Crippen LogP contribution in [0.4, 0.5) is 5.82 Å². The van der Waals surface area contributed by atoms with E-state index in [-0.39, 0.29) is 57.3 Å². The Morgan fingerprint density at radius 3 is 1.82 bits per heavy atom. The second-order valence-electron chi connectivity index (χ2n) is 12.9. The van der Waals surface area contributed by atoms with Crippen LogP contribution in [0.15, 0.2) is 59.2 Å². The number of nitrogens with zero attached hydrogens (tertiary/aromatic N) is 10. The molecule has 0 radical (unpaired) electrons. The maximum absolute atomic E-state index is 11.5. The summed E-state index contributed by atoms with van der Waals surface area (Å²) < 4.78 is 10.9. The fraction of sp³-hybridized carbons (Fsp3) is 0.500. The molecule has 5 aromatic heterocycles. The van der Waals surface area contributed by atoms with Crippen molar-refractivity contribution in [2.24, 2.45) is 0 Å². The summed E-state index contributed by atoms with van der Waals surface area (Å²) in [6.45, 7) is 26.0. The molecule has 304 valence electrons. The molecular formula is C38H63N13O4. The van der Waals surface area contributed by atoms with Gasteiger partial charge in [0.1, 0.15) is 23.3 Å². The van der Waals surface area contributed by atoms with Gasteiger partial charge in [-0.25, -0.2) is 24.7 Å². The molecule has 6 heterocycles. The van der Waals surface area contributed by atoms with Crippen LogP contribution in [0, 0.1) is 13.8 Å². The van der Waals surface area contributed by atoms with E-state index in [1.807, 2.05) is 69.4 Å². The van der Waals surface area contributed by atoms with E-state index < -0.39 is 0 Å². The minimum Gasteiger partial charge on any atom is -0.476 e. The topological polar surface area (TPSA) is 210 Å². The van der Waals surface area contributed by atoms with E-state index in [1.54, 1.807) is 38.0 Å². The van der Waals surface area contributed by atoms with Crippen LogP contribution in [0.2, 0.25) is 0 Å². The summed E-state index contributed by atoms with van der Waals surface area (Å²) in [7, 11) is 0. The Labute approximate surface area is 324 Å². The molecule has 1 aliphatic heterocycles. The molecule has 6 rings (SSSR count). The number of nitrogen functional groups attached to an aromatic ring is 1. The number of aromatic amines is 1. The fourth-order valence-electron chi connectivity index (χ4n) is 4.81. The van der Waals surface area contributed by atoms with Gasteiger partial charge in [0, 0.05) is 42.6 Å². The van der Waals surface area contributed by atoms with Crippen molar-refractivity contribution in [1.82, 2.24) is 58.8 Å². The van der Waals surface area contributed by atoms with Crippen LogP contribution in [0.25, 0.3) is 22.3 Å². The van der Waals surface area contributed by atoms with E-state index in [1.165, 1.54) is 10.6 Å². The molecular weight excluding hydrogens is 703 g/mol. The van der Waals surface area contributed by atoms with E-state index in [2.05, 4.69) is 60.6 Å². The Morgan fingerprint density at radius 2 is 1.33 bits per heavy atom. The number of aryl methyl sites for hydroxylation is 2. The number of ether oxygens (including phenoxy) is 1. The highest BCUT2D eigenvalue weighted by atomic mass is 16.5. The number of hydrogen-bond donors (Lipinski definition) is 3. The highest BCUT2D eigenvalue weighted by Crippen LogP contribution is 2.23. The van der Waals surface area contributed by atoms with Gasteiger partial charge in [0.25, 0.3) is 11.5 Å². The Balaban J connectivity index is 0.000000703. The Morgan fingerprint density at radius 1 is 0.782 bits per heavy atom. The molecule has 0 saturated carbocycles. The van der Waals surface area contributed by atoms with Gasteiger partial charge in [0.15, 0.2) is 22.3 Å². The van der Waals surface area contributed by atoms with Crippen LogP contribution >= 0.6 is 0 Å². The summed E-state index contributed by atoms with van der Waals surface area (Å²) in [6, 6.07) is 2.67. The first kappa shape index (κ1) is 49.1. The summed E-state index contributed by atoms with van der Waals surface area (Å²) in [6.07, 6.45) is 8.32. The molecule has 17 nitrogen and oxygen atoms in total. The Kier molecular flexibility index (Phi) is 19.4. The number of carbonyl (C=O) groups is 1. The predicted octanol–water partition coefficient (Wildman–Crippen LogP) is 6.25. The van der Waals surface area contributed by atoms with E-state index in [0.717, 1.165) is 11.2 Å². The average Bonchev–Trinajstić information content (AvgIpc) is 3.67. The van der Waals surface area contributed by atoms with Gasteiger partial charge in [-0.15, -0.1) is 0 Å². The molecule has 0 atom stereocenters. The molecule has 17 heteroatoms. The van der Waals surface area contributed by atoms with Crippen molar-refractivity contribution < 1.29 is 9.53 Å². The zero-order chi connectivity index (χ0) is 38.9. The minimum atomic E-state index is -0.292. The van der Waals surface area contributed by atoms with Crippen LogP contribution < -0.4 is 27.0 Å². The van der Waals surface area contributed by atoms with E-state index >= 15 is 0 Å². The lowest BCUT2D eigenvalue weighted by Crippen LogP contribution is -2.38. The van der Waals surface area contributed by atoms with Crippen LogP contribution in [0.1, 0.15) is 114 Å². The summed E-state index contributed by atoms with van der Waals surface area (Å²) in [5, 5.41) is 2.62. The second-order valence-corrected chi connectivity index (χ2v) is 12.9. The molecule has 0 fully saturated rings. The number of hydrogen-bond acceptors (Lipinski definition) is 12. The standard InChI is InChI=1S/C11H16N4O.C9H12N4O.C8H12N2O.C7H11N3O.3CH4/c1-5-16-11-9-10(13-8(4)14-11)15(6-12-9)7(2)3;1-5(2)13-4-10-7-8(13)11-6(3)12-9(7)14;1-6(2)10-5-4-8(11)9-7(10)3;1-5(2)10-4-3-6(8)9-7(10)11;;;/h6-7H,5H2,1-4H3;4-5H,1-3H3,(H,11,12,14);4-6H,3H2,1-2H3,(H,9,11);3-5H,1-2H3,(H2,8,9,11);3*1H4. The van der Waals surface area contributed by atoms with Crippen LogP contribution in [-0.4, -0.2) is 72.0 Å². The number of fused-ring (bicyclic) bond motifs is 2. The van der Waals surface area contributed by atoms with Crippen molar-refractivity contribution in [2.75, 3.05) is 12.3 Å². The van der Waals surface area contributed by atoms with Gasteiger partial charge in [-0.2, -0.15) is 9.97 Å². The molecule has 1 aliphatic rings. The average molecular weight is 766 g/mol. The molecule has 0 aromatic carbocycles. The minimum absolute atomic E-state index is 0. The molecule has 0 unspecified atom stereocenters. The third-order valence-electron chi connectivity index (χ3n) is 7.38. The number of imidazole rings is 2. The largest absolute Gasteiger partial charge is 0.476 e. The van der Waals surface area contributed by atoms with Gasteiger partial charge >= 0.3 is 5.69 Å². The van der Waals surface area contributed by atoms with Gasteiger partial charge in [0.05, 0.1) is 19.3 Å². The number of carbonyl (C=O) groups excluding carboxylic acids is 1. The van der Waals surface area contributed by atoms with Gasteiger partial charge in [-0.1, -0.05) is 28.9 Å². The zero-order valence-electron chi connectivity index (χ0n) is 31.9. The van der Waals surface area contributed by atoms with Crippen molar-refractivity contribution in [2.45, 2.75) is 123 Å². The van der Waals surface area contributed by atoms with Crippen molar-refractivity contribution >= 4 is 34.1 Å². The van der Waals surface area contributed by atoms with Gasteiger partial charge in [-0.3, -0.25) is 14.2 Å². The van der Waals surface area contributed by atoms with Crippen LogP contribution in [0.3, 0.4) is 0 Å². The molecule has 0 aliphatic carbocycles. The van der Waals surface area contributed by atoms with E-state index in [0.29, 0.717) is 53.2 Å². The SMILES string of the molecule is C.C.C.C=C1NC(=O)C=CN1C(C)C.CC(C)n1ccc(N)nc1=O.CCOc1nc(C)nc2c1ncn2C(C)C.Cc1nc2c(ncn2C(C)C)c(=O)[nH]1. The van der Waals surface area contributed by atoms with E-state index in [4.69, 9.17) is 10.5 Å². The van der Waals surface area contributed by atoms with Crippen molar-refractivity contribution in [3.63, 3.8) is 0 Å². The van der Waals surface area contributed by atoms with Crippen molar-refractivity contribution in [1.29, 1.82) is 0 Å². The molecule has 5 aromatic rings. The fourth-order valence-corrected chi connectivity index (χ4v) is 4.81.